The van der Waals surface area contributed by atoms with Crippen molar-refractivity contribution in [1.29, 1.82) is 0 Å². The first-order valence-electron chi connectivity index (χ1n) is 12.4. The maximum absolute atomic E-state index is 11.8. The zero-order valence-electron chi connectivity index (χ0n) is 21.4. The van der Waals surface area contributed by atoms with E-state index in [0.717, 1.165) is 17.7 Å². The van der Waals surface area contributed by atoms with E-state index >= 15 is 0 Å². The number of methoxy groups -OCH3 is 1. The van der Waals surface area contributed by atoms with Crippen molar-refractivity contribution >= 4 is 41.2 Å². The van der Waals surface area contributed by atoms with Crippen LogP contribution in [0.1, 0.15) is 56.2 Å². The molecule has 206 valence electrons. The quantitative estimate of drug-likeness (QED) is 0.343. The lowest BCUT2D eigenvalue weighted by Gasteiger charge is -2.41. The number of benzene rings is 2. The molecule has 1 saturated carbocycles. The van der Waals surface area contributed by atoms with Gasteiger partial charge in [0.05, 0.1) is 23.7 Å². The highest BCUT2D eigenvalue weighted by Crippen LogP contribution is 2.37. The summed E-state index contributed by atoms with van der Waals surface area (Å²) in [7, 11) is 1.61. The molecule has 2 amide bonds. The predicted octanol–water partition coefficient (Wildman–Crippen LogP) is 5.87. The van der Waals surface area contributed by atoms with Gasteiger partial charge in [0.25, 0.3) is 0 Å². The molecule has 0 bridgehead atoms. The van der Waals surface area contributed by atoms with Gasteiger partial charge in [-0.3, -0.25) is 19.4 Å². The third-order valence-corrected chi connectivity index (χ3v) is 7.53. The minimum absolute atomic E-state index is 0.136. The number of halogens is 2. The lowest BCUT2D eigenvalue weighted by molar-refractivity contribution is -0.138. The lowest BCUT2D eigenvalue weighted by Crippen LogP contribution is -2.41. The maximum Gasteiger partial charge on any atom is 0.503 e. The third kappa shape index (κ3) is 7.75. The normalized spacial score (nSPS) is 16.1. The average molecular weight is 567 g/mol. The van der Waals surface area contributed by atoms with Gasteiger partial charge in [-0.05, 0) is 55.2 Å². The van der Waals surface area contributed by atoms with Crippen molar-refractivity contribution in [2.75, 3.05) is 20.3 Å². The summed E-state index contributed by atoms with van der Waals surface area (Å²) in [4.78, 5) is 35.9. The Balaban J connectivity index is 0.000000934. The number of likely N-dealkylation sites (tertiary alicyclic amines) is 1. The molecule has 1 saturated heterocycles. The molecule has 9 nitrogen and oxygen atoms in total. The molecule has 0 radical (unpaired) electrons. The number of carboxylic acid groups (broad SMARTS) is 2. The van der Waals surface area contributed by atoms with Crippen LogP contribution in [0.3, 0.4) is 0 Å². The summed E-state index contributed by atoms with van der Waals surface area (Å²) in [6.07, 6.45) is 2.34. The first kappa shape index (κ1) is 29.5. The number of hydrogen-bond acceptors (Lipinski definition) is 6. The van der Waals surface area contributed by atoms with E-state index in [2.05, 4.69) is 11.8 Å². The third-order valence-electron chi connectivity index (χ3n) is 6.79. The molecule has 38 heavy (non-hydrogen) atoms. The van der Waals surface area contributed by atoms with Crippen molar-refractivity contribution in [3.8, 4) is 11.5 Å². The molecule has 2 N–H and O–H groups in total. The number of carbonyl (C=O) groups excluding carboxylic acids is 2. The highest BCUT2D eigenvalue weighted by atomic mass is 35.5. The number of imide groups is 1. The zero-order chi connectivity index (χ0) is 27.8. The molecule has 11 heteroatoms. The van der Waals surface area contributed by atoms with Gasteiger partial charge in [0.15, 0.2) is 11.5 Å². The van der Waals surface area contributed by atoms with Crippen molar-refractivity contribution in [1.82, 2.24) is 9.80 Å². The van der Waals surface area contributed by atoms with Crippen molar-refractivity contribution in [3.05, 3.63) is 57.6 Å². The van der Waals surface area contributed by atoms with Gasteiger partial charge in [-0.25, -0.2) is 4.79 Å². The Hall–Kier alpha value is -3.01. The zero-order valence-corrected chi connectivity index (χ0v) is 22.9. The molecular weight excluding hydrogens is 535 g/mol. The summed E-state index contributed by atoms with van der Waals surface area (Å²) >= 11 is 12.4. The number of nitrogens with zero attached hydrogens (tertiary/aromatic N) is 2. The number of amides is 2. The van der Waals surface area contributed by atoms with E-state index in [0.29, 0.717) is 27.6 Å². The Morgan fingerprint density at radius 1 is 1.05 bits per heavy atom. The number of carbonyl (C=O) groups is 3. The number of ether oxygens (including phenoxy) is 2. The molecule has 4 rings (SSSR count). The summed E-state index contributed by atoms with van der Waals surface area (Å²) in [5.74, 6) is 0.955. The Bertz CT molecular complexity index is 1140. The summed E-state index contributed by atoms with van der Waals surface area (Å²) in [5.41, 5.74) is 2.26. The molecule has 1 aliphatic carbocycles. The topological polar surface area (TPSA) is 117 Å². The monoisotopic (exact) mass is 566 g/mol. The van der Waals surface area contributed by atoms with Crippen molar-refractivity contribution < 1.29 is 34.1 Å². The summed E-state index contributed by atoms with van der Waals surface area (Å²) in [6, 6.07) is 12.5. The van der Waals surface area contributed by atoms with Gasteiger partial charge in [-0.15, -0.1) is 0 Å². The SMILES string of the molecule is COc1cc(CN(C2CCC2)C(C)c2ccc(Cl)c(Cl)c2)ccc1OCCN1C(=O)CCC1=O.O=C(O)O. The van der Waals surface area contributed by atoms with Crippen LogP contribution in [-0.2, 0) is 16.1 Å². The molecule has 2 fully saturated rings. The van der Waals surface area contributed by atoms with E-state index in [9.17, 15) is 9.59 Å². The number of rotatable bonds is 10. The highest BCUT2D eigenvalue weighted by molar-refractivity contribution is 6.42. The van der Waals surface area contributed by atoms with Crippen molar-refractivity contribution in [2.45, 2.75) is 57.7 Å². The van der Waals surface area contributed by atoms with Gasteiger partial charge < -0.3 is 19.7 Å². The van der Waals surface area contributed by atoms with E-state index in [-0.39, 0.29) is 43.8 Å². The summed E-state index contributed by atoms with van der Waals surface area (Å²) < 4.78 is 11.4. The van der Waals surface area contributed by atoms with Crippen molar-refractivity contribution in [3.63, 3.8) is 0 Å². The Morgan fingerprint density at radius 2 is 1.71 bits per heavy atom. The fourth-order valence-corrected chi connectivity index (χ4v) is 4.83. The fourth-order valence-electron chi connectivity index (χ4n) is 4.52. The van der Waals surface area contributed by atoms with Crippen LogP contribution < -0.4 is 9.47 Å². The van der Waals surface area contributed by atoms with Crippen LogP contribution in [0.25, 0.3) is 0 Å². The average Bonchev–Trinajstić information content (AvgIpc) is 3.16. The van der Waals surface area contributed by atoms with Gasteiger partial charge in [0.1, 0.15) is 6.61 Å². The van der Waals surface area contributed by atoms with E-state index in [4.69, 9.17) is 47.7 Å². The molecule has 2 aromatic carbocycles. The van der Waals surface area contributed by atoms with Crippen LogP contribution in [0.15, 0.2) is 36.4 Å². The minimum Gasteiger partial charge on any atom is -0.493 e. The van der Waals surface area contributed by atoms with Gasteiger partial charge in [0.2, 0.25) is 11.8 Å². The van der Waals surface area contributed by atoms with E-state index < -0.39 is 6.16 Å². The largest absolute Gasteiger partial charge is 0.503 e. The standard InChI is InChI=1S/C26H30Cl2N2O4.CH2O3/c1-17(19-7-8-21(27)22(28)15-19)30(20-4-3-5-20)16-18-6-9-23(24(14-18)33-2)34-13-12-29-25(31)10-11-26(29)32;2-1(3)4/h6-9,14-15,17,20H,3-5,10-13,16H2,1-2H3;(H2,2,3,4). The second-order valence-corrected chi connectivity index (χ2v) is 9.98. The predicted molar refractivity (Wildman–Crippen MR) is 143 cm³/mol. The van der Waals surface area contributed by atoms with Crippen LogP contribution >= 0.6 is 23.2 Å². The lowest BCUT2D eigenvalue weighted by atomic mass is 9.89. The van der Waals surface area contributed by atoms with Gasteiger partial charge in [-0.1, -0.05) is 41.8 Å². The second kappa shape index (κ2) is 13.7. The van der Waals surface area contributed by atoms with E-state index in [1.807, 2.05) is 36.4 Å². The van der Waals surface area contributed by atoms with Gasteiger partial charge in [0, 0.05) is 31.5 Å². The Kier molecular flexibility index (Phi) is 10.6. The summed E-state index contributed by atoms with van der Waals surface area (Å²) in [5, 5.41) is 15.1. The van der Waals surface area contributed by atoms with E-state index in [1.54, 1.807) is 7.11 Å². The molecule has 1 atom stereocenters. The molecule has 1 unspecified atom stereocenters. The maximum atomic E-state index is 11.8. The molecule has 0 aromatic heterocycles. The number of hydrogen-bond donors (Lipinski definition) is 2. The van der Waals surface area contributed by atoms with Crippen LogP contribution in [0.2, 0.25) is 10.0 Å². The fraction of sp³-hybridized carbons (Fsp3) is 0.444. The molecule has 2 aliphatic rings. The van der Waals surface area contributed by atoms with Crippen LogP contribution in [0.4, 0.5) is 4.79 Å². The van der Waals surface area contributed by atoms with Gasteiger partial charge >= 0.3 is 6.16 Å². The Morgan fingerprint density at radius 3 is 2.26 bits per heavy atom. The van der Waals surface area contributed by atoms with Gasteiger partial charge in [-0.2, -0.15) is 0 Å². The first-order chi connectivity index (χ1) is 18.1. The first-order valence-corrected chi connectivity index (χ1v) is 13.1. The minimum atomic E-state index is -1.83. The van der Waals surface area contributed by atoms with Crippen molar-refractivity contribution in [2.24, 2.45) is 0 Å². The Labute approximate surface area is 231 Å². The van der Waals surface area contributed by atoms with Crippen LogP contribution in [0, 0.1) is 0 Å². The molecule has 1 heterocycles. The highest BCUT2D eigenvalue weighted by Gasteiger charge is 2.30. The molecule has 0 spiro atoms. The molecule has 1 aliphatic heterocycles. The molecular formula is C27H32Cl2N2O7. The summed E-state index contributed by atoms with van der Waals surface area (Å²) in [6.45, 7) is 3.45. The second-order valence-electron chi connectivity index (χ2n) is 9.16. The smallest absolute Gasteiger partial charge is 0.493 e. The van der Waals surface area contributed by atoms with Crippen LogP contribution in [-0.4, -0.2) is 64.3 Å². The molecule has 2 aromatic rings. The van der Waals surface area contributed by atoms with E-state index in [1.165, 1.54) is 24.2 Å². The van der Waals surface area contributed by atoms with Crippen LogP contribution in [0.5, 0.6) is 11.5 Å².